The summed E-state index contributed by atoms with van der Waals surface area (Å²) in [6.07, 6.45) is -1.21. The number of carbonyl (C=O) groups is 1. The topological polar surface area (TPSA) is 53.0 Å². The molecule has 126 valence electrons. The van der Waals surface area contributed by atoms with Crippen LogP contribution in [-0.4, -0.2) is 66.3 Å². The summed E-state index contributed by atoms with van der Waals surface area (Å²) < 4.78 is 33.0. The van der Waals surface area contributed by atoms with Crippen molar-refractivity contribution in [2.75, 3.05) is 33.3 Å². The predicted octanol–water partition coefficient (Wildman–Crippen LogP) is 0.930. The molecule has 2 heterocycles. The number of likely N-dealkylation sites (N-methyl/N-ethyl adjacent to an activating group) is 1. The summed E-state index contributed by atoms with van der Waals surface area (Å²) in [6, 6.07) is 2.49. The Morgan fingerprint density at radius 2 is 2.13 bits per heavy atom. The van der Waals surface area contributed by atoms with Gasteiger partial charge < -0.3 is 19.6 Å². The molecule has 1 amide bonds. The van der Waals surface area contributed by atoms with Gasteiger partial charge in [-0.3, -0.25) is 4.79 Å². The van der Waals surface area contributed by atoms with E-state index in [9.17, 15) is 18.7 Å². The summed E-state index contributed by atoms with van der Waals surface area (Å²) in [5.41, 5.74) is 0.0964. The van der Waals surface area contributed by atoms with Crippen LogP contribution in [0, 0.1) is 11.6 Å². The smallest absolute Gasteiger partial charge is 0.253 e. The van der Waals surface area contributed by atoms with Crippen molar-refractivity contribution in [3.63, 3.8) is 0 Å². The van der Waals surface area contributed by atoms with E-state index in [0.717, 1.165) is 24.7 Å². The van der Waals surface area contributed by atoms with Crippen LogP contribution < -0.4 is 0 Å². The second-order valence-corrected chi connectivity index (χ2v) is 6.18. The lowest BCUT2D eigenvalue weighted by atomic mass is 10.0. The van der Waals surface area contributed by atoms with Crippen LogP contribution in [0.1, 0.15) is 18.0 Å². The van der Waals surface area contributed by atoms with Gasteiger partial charge in [-0.15, -0.1) is 0 Å². The predicted molar refractivity (Wildman–Crippen MR) is 78.7 cm³/mol. The van der Waals surface area contributed by atoms with Gasteiger partial charge in [0.25, 0.3) is 5.91 Å². The maximum absolute atomic E-state index is 14.1. The zero-order valence-corrected chi connectivity index (χ0v) is 12.9. The average Bonchev–Trinajstić information content (AvgIpc) is 2.90. The second-order valence-electron chi connectivity index (χ2n) is 6.18. The number of amides is 1. The first-order valence-electron chi connectivity index (χ1n) is 7.69. The molecule has 0 aliphatic carbocycles. The van der Waals surface area contributed by atoms with E-state index in [1.807, 2.05) is 11.9 Å². The molecule has 23 heavy (non-hydrogen) atoms. The fourth-order valence-corrected chi connectivity index (χ4v) is 3.23. The van der Waals surface area contributed by atoms with Crippen molar-refractivity contribution in [3.8, 4) is 0 Å². The number of aliphatic hydroxyl groups excluding tert-OH is 1. The zero-order chi connectivity index (χ0) is 16.6. The van der Waals surface area contributed by atoms with E-state index in [0.29, 0.717) is 13.2 Å². The van der Waals surface area contributed by atoms with Crippen molar-refractivity contribution >= 4 is 5.91 Å². The third-order valence-electron chi connectivity index (χ3n) is 4.42. The number of nitrogens with zero attached hydrogens (tertiary/aromatic N) is 2. The number of aliphatic hydroxyl groups is 1. The molecule has 2 aliphatic rings. The van der Waals surface area contributed by atoms with Gasteiger partial charge in [-0.2, -0.15) is 0 Å². The van der Waals surface area contributed by atoms with Crippen LogP contribution in [0.15, 0.2) is 18.2 Å². The Morgan fingerprint density at radius 3 is 2.87 bits per heavy atom. The summed E-state index contributed by atoms with van der Waals surface area (Å²) in [6.45, 7) is 1.74. The molecule has 0 radical (unpaired) electrons. The Hall–Kier alpha value is -1.57. The van der Waals surface area contributed by atoms with Crippen molar-refractivity contribution in [1.82, 2.24) is 9.80 Å². The minimum atomic E-state index is -0.757. The number of hydrogen-bond donors (Lipinski definition) is 1. The van der Waals surface area contributed by atoms with Crippen LogP contribution in [0.5, 0.6) is 0 Å². The number of halogens is 2. The molecular weight excluding hydrogens is 306 g/mol. The number of morpholine rings is 1. The standard InChI is InChI=1S/C16H20F2N2O3/c1-19-4-5-23-15(9-19)16(22)20-8-11(21)7-14(20)12-6-10(17)2-3-13(12)18/h2-3,6,11,14-15,21H,4-5,7-9H2,1H3. The molecule has 0 bridgehead atoms. The molecule has 3 rings (SSSR count). The number of β-amino-alcohol motifs (C(OH)–C–C–N with tert-alkyl or cyclic N) is 1. The fraction of sp³-hybridized carbons (Fsp3) is 0.562. The van der Waals surface area contributed by atoms with E-state index in [1.54, 1.807) is 0 Å². The third kappa shape index (κ3) is 3.36. The zero-order valence-electron chi connectivity index (χ0n) is 12.9. The fourth-order valence-electron chi connectivity index (χ4n) is 3.23. The molecule has 2 aliphatic heterocycles. The molecule has 0 aromatic heterocycles. The third-order valence-corrected chi connectivity index (χ3v) is 4.42. The lowest BCUT2D eigenvalue weighted by Crippen LogP contribution is -2.50. The highest BCUT2D eigenvalue weighted by Crippen LogP contribution is 2.34. The molecule has 1 aromatic carbocycles. The molecule has 0 saturated carbocycles. The molecular formula is C16H20F2N2O3. The molecule has 1 aromatic rings. The molecule has 5 nitrogen and oxygen atoms in total. The van der Waals surface area contributed by atoms with E-state index in [1.165, 1.54) is 4.90 Å². The molecule has 0 spiro atoms. The van der Waals surface area contributed by atoms with Crippen LogP contribution >= 0.6 is 0 Å². The Bertz CT molecular complexity index is 599. The first kappa shape index (κ1) is 16.3. The summed E-state index contributed by atoms with van der Waals surface area (Å²) >= 11 is 0. The average molecular weight is 326 g/mol. The number of hydrogen-bond acceptors (Lipinski definition) is 4. The van der Waals surface area contributed by atoms with E-state index < -0.39 is 29.9 Å². The van der Waals surface area contributed by atoms with Crippen LogP contribution in [0.2, 0.25) is 0 Å². The number of benzene rings is 1. The molecule has 3 atom stereocenters. The van der Waals surface area contributed by atoms with E-state index in [2.05, 4.69) is 0 Å². The monoisotopic (exact) mass is 326 g/mol. The van der Waals surface area contributed by atoms with Crippen LogP contribution in [0.25, 0.3) is 0 Å². The van der Waals surface area contributed by atoms with Crippen molar-refractivity contribution in [2.45, 2.75) is 24.7 Å². The lowest BCUT2D eigenvalue weighted by Gasteiger charge is -2.34. The Balaban J connectivity index is 1.84. The van der Waals surface area contributed by atoms with Crippen molar-refractivity contribution in [2.24, 2.45) is 0 Å². The maximum Gasteiger partial charge on any atom is 0.253 e. The van der Waals surface area contributed by atoms with Gasteiger partial charge in [-0.05, 0) is 31.7 Å². The summed E-state index contributed by atoms with van der Waals surface area (Å²) in [7, 11) is 1.89. The molecule has 3 unspecified atom stereocenters. The quantitative estimate of drug-likeness (QED) is 0.878. The molecule has 2 saturated heterocycles. The SMILES string of the molecule is CN1CCOC(C(=O)N2CC(O)CC2c2cc(F)ccc2F)C1. The van der Waals surface area contributed by atoms with Crippen LogP contribution in [0.4, 0.5) is 8.78 Å². The largest absolute Gasteiger partial charge is 0.391 e. The minimum Gasteiger partial charge on any atom is -0.391 e. The lowest BCUT2D eigenvalue weighted by molar-refractivity contribution is -0.150. The first-order valence-corrected chi connectivity index (χ1v) is 7.69. The van der Waals surface area contributed by atoms with E-state index in [-0.39, 0.29) is 24.4 Å². The summed E-state index contributed by atoms with van der Waals surface area (Å²) in [4.78, 5) is 16.1. The van der Waals surface area contributed by atoms with Crippen molar-refractivity contribution in [3.05, 3.63) is 35.4 Å². The van der Waals surface area contributed by atoms with Gasteiger partial charge in [0.05, 0.1) is 18.8 Å². The summed E-state index contributed by atoms with van der Waals surface area (Å²) in [5.74, 6) is -1.43. The molecule has 2 fully saturated rings. The minimum absolute atomic E-state index is 0.0964. The van der Waals surface area contributed by atoms with Crippen molar-refractivity contribution < 1.29 is 23.4 Å². The van der Waals surface area contributed by atoms with Gasteiger partial charge in [-0.25, -0.2) is 8.78 Å². The number of rotatable bonds is 2. The van der Waals surface area contributed by atoms with Crippen LogP contribution in [-0.2, 0) is 9.53 Å². The molecule has 1 N–H and O–H groups in total. The van der Waals surface area contributed by atoms with E-state index >= 15 is 0 Å². The van der Waals surface area contributed by atoms with Gasteiger partial charge >= 0.3 is 0 Å². The Kier molecular flexibility index (Phi) is 4.61. The normalized spacial score (nSPS) is 29.0. The second kappa shape index (κ2) is 6.51. The summed E-state index contributed by atoms with van der Waals surface area (Å²) in [5, 5.41) is 9.93. The highest BCUT2D eigenvalue weighted by molar-refractivity contribution is 5.82. The van der Waals surface area contributed by atoms with Crippen LogP contribution in [0.3, 0.4) is 0 Å². The van der Waals surface area contributed by atoms with Gasteiger partial charge in [0.2, 0.25) is 0 Å². The highest BCUT2D eigenvalue weighted by atomic mass is 19.1. The van der Waals surface area contributed by atoms with Gasteiger partial charge in [0.15, 0.2) is 0 Å². The first-order chi connectivity index (χ1) is 11.0. The Morgan fingerprint density at radius 1 is 1.35 bits per heavy atom. The van der Waals surface area contributed by atoms with Gasteiger partial charge in [0, 0.05) is 25.2 Å². The number of carbonyl (C=O) groups excluding carboxylic acids is 1. The Labute approximate surface area is 133 Å². The highest BCUT2D eigenvalue weighted by Gasteiger charge is 2.40. The van der Waals surface area contributed by atoms with Gasteiger partial charge in [0.1, 0.15) is 17.7 Å². The van der Waals surface area contributed by atoms with E-state index in [4.69, 9.17) is 4.74 Å². The number of ether oxygens (including phenoxy) is 1. The molecule has 7 heteroatoms. The number of likely N-dealkylation sites (tertiary alicyclic amines) is 1. The van der Waals surface area contributed by atoms with Gasteiger partial charge in [-0.1, -0.05) is 0 Å². The van der Waals surface area contributed by atoms with Crippen molar-refractivity contribution in [1.29, 1.82) is 0 Å². The maximum atomic E-state index is 14.1.